The first kappa shape index (κ1) is 41.2. The Morgan fingerprint density at radius 1 is 0.403 bits per heavy atom. The van der Waals surface area contributed by atoms with Crippen molar-refractivity contribution in [2.75, 3.05) is 33.8 Å². The van der Waals surface area contributed by atoms with Gasteiger partial charge in [-0.1, -0.05) is 121 Å². The molecule has 0 bridgehead atoms. The summed E-state index contributed by atoms with van der Waals surface area (Å²) in [6.07, 6.45) is 10.2. The van der Waals surface area contributed by atoms with Crippen LogP contribution >= 0.6 is 23.5 Å². The van der Waals surface area contributed by atoms with Crippen LogP contribution in [0, 0.1) is 13.8 Å². The van der Waals surface area contributed by atoms with Crippen LogP contribution in [0.4, 0.5) is 32.3 Å². The molecule has 8 rings (SSSR count). The molecule has 0 saturated heterocycles. The van der Waals surface area contributed by atoms with Gasteiger partial charge in [-0.2, -0.15) is 0 Å². The lowest BCUT2D eigenvalue weighted by Gasteiger charge is -2.15. The Hall–Kier alpha value is -7.56. The van der Waals surface area contributed by atoms with Gasteiger partial charge in [-0.05, 0) is 49.6 Å². The molecule has 306 valence electrons. The summed E-state index contributed by atoms with van der Waals surface area (Å²) in [7, 11) is 0. The van der Waals surface area contributed by atoms with E-state index in [4.69, 9.17) is 9.97 Å². The Bertz CT molecular complexity index is 2920. The third-order valence-electron chi connectivity index (χ3n) is 9.41. The standard InChI is InChI=1S/C46H38N12O2S2/c1-27-47-23-35(39(51-27)29-13-7-5-8-14-29)53-43(59)54-36-24-48-28(2)52-41(36)33-19-11-17-31(21-33)32-18-12-20-34(22-32)42-38(26-50-46(58-42)62-4)56-44(60)55-37-25-49-45(61-3)57-40(37)30-15-9-6-10-16-30/h5-26H,1-4H3,(H2,53,54,59)(H2,55,56,60). The van der Waals surface area contributed by atoms with Crippen LogP contribution in [0.15, 0.2) is 144 Å². The first-order valence-electron chi connectivity index (χ1n) is 19.2. The summed E-state index contributed by atoms with van der Waals surface area (Å²) in [6, 6.07) is 33.9. The largest absolute Gasteiger partial charge is 0.323 e. The van der Waals surface area contributed by atoms with E-state index < -0.39 is 12.1 Å². The van der Waals surface area contributed by atoms with Gasteiger partial charge in [0.15, 0.2) is 10.3 Å². The molecular formula is C46H38N12O2S2. The molecule has 4 aromatic heterocycles. The Kier molecular flexibility index (Phi) is 12.5. The fourth-order valence-corrected chi connectivity index (χ4v) is 7.23. The second-order valence-corrected chi connectivity index (χ2v) is 15.2. The van der Waals surface area contributed by atoms with Crippen molar-refractivity contribution in [2.45, 2.75) is 24.2 Å². The number of carbonyl (C=O) groups is 2. The van der Waals surface area contributed by atoms with Crippen molar-refractivity contribution >= 4 is 58.3 Å². The van der Waals surface area contributed by atoms with E-state index in [-0.39, 0.29) is 0 Å². The predicted octanol–water partition coefficient (Wildman–Crippen LogP) is 10.5. The molecule has 4 aromatic carbocycles. The van der Waals surface area contributed by atoms with E-state index >= 15 is 0 Å². The minimum atomic E-state index is -0.504. The lowest BCUT2D eigenvalue weighted by atomic mass is 9.98. The van der Waals surface area contributed by atoms with E-state index in [9.17, 15) is 9.59 Å². The first-order valence-corrected chi connectivity index (χ1v) is 21.7. The summed E-state index contributed by atoms with van der Waals surface area (Å²) in [4.78, 5) is 63.5. The van der Waals surface area contributed by atoms with Gasteiger partial charge in [0.25, 0.3) is 0 Å². The van der Waals surface area contributed by atoms with Crippen molar-refractivity contribution in [1.29, 1.82) is 0 Å². The molecule has 4 amide bonds. The number of urea groups is 2. The van der Waals surface area contributed by atoms with Crippen molar-refractivity contribution in [2.24, 2.45) is 0 Å². The van der Waals surface area contributed by atoms with E-state index in [0.717, 1.165) is 33.4 Å². The molecule has 0 atom stereocenters. The molecule has 0 saturated carbocycles. The summed E-state index contributed by atoms with van der Waals surface area (Å²) in [5.74, 6) is 1.12. The SMILES string of the molecule is CSc1ncc(NC(=O)Nc2cnc(SC)nc2-c2cccc(-c3cccc(-c4nc(C)ncc4NC(=O)Nc4cnc(C)nc4-c4ccccc4)c3)c2)c(-c2ccccc2)n1. The molecule has 62 heavy (non-hydrogen) atoms. The number of rotatable bonds is 11. The maximum atomic E-state index is 13.6. The molecule has 0 spiro atoms. The summed E-state index contributed by atoms with van der Waals surface area (Å²) in [5, 5.41) is 12.9. The van der Waals surface area contributed by atoms with Gasteiger partial charge in [-0.3, -0.25) is 0 Å². The van der Waals surface area contributed by atoms with E-state index in [1.807, 2.05) is 122 Å². The molecule has 16 heteroatoms. The number of nitrogens with one attached hydrogen (secondary N) is 4. The van der Waals surface area contributed by atoms with Gasteiger partial charge >= 0.3 is 12.1 Å². The Balaban J connectivity index is 1.05. The topological polar surface area (TPSA) is 185 Å². The average molecular weight is 855 g/mol. The second-order valence-electron chi connectivity index (χ2n) is 13.6. The number of hydrogen-bond acceptors (Lipinski definition) is 12. The van der Waals surface area contributed by atoms with Gasteiger partial charge in [-0.25, -0.2) is 49.5 Å². The van der Waals surface area contributed by atoms with Crippen LogP contribution in [0.3, 0.4) is 0 Å². The van der Waals surface area contributed by atoms with E-state index in [2.05, 4.69) is 51.2 Å². The summed E-state index contributed by atoms with van der Waals surface area (Å²) >= 11 is 2.81. The molecule has 4 heterocycles. The number of carbonyl (C=O) groups excluding carboxylic acids is 2. The first-order chi connectivity index (χ1) is 30.2. The van der Waals surface area contributed by atoms with Crippen LogP contribution in [0.5, 0.6) is 0 Å². The maximum absolute atomic E-state index is 13.6. The zero-order chi connectivity index (χ0) is 43.0. The van der Waals surface area contributed by atoms with E-state index in [1.54, 1.807) is 38.6 Å². The monoisotopic (exact) mass is 854 g/mol. The third kappa shape index (κ3) is 9.57. The van der Waals surface area contributed by atoms with Crippen molar-refractivity contribution in [1.82, 2.24) is 39.9 Å². The molecule has 0 aliphatic heterocycles. The van der Waals surface area contributed by atoms with Crippen LogP contribution in [0.2, 0.25) is 0 Å². The molecule has 4 N–H and O–H groups in total. The van der Waals surface area contributed by atoms with Crippen molar-refractivity contribution in [3.63, 3.8) is 0 Å². The number of aryl methyl sites for hydroxylation is 2. The summed E-state index contributed by atoms with van der Waals surface area (Å²) in [6.45, 7) is 3.60. The highest BCUT2D eigenvalue weighted by molar-refractivity contribution is 7.98. The van der Waals surface area contributed by atoms with Crippen LogP contribution in [0.1, 0.15) is 11.6 Å². The lowest BCUT2D eigenvalue weighted by Crippen LogP contribution is -2.21. The molecule has 8 aromatic rings. The number of anilines is 4. The van der Waals surface area contributed by atoms with Crippen LogP contribution in [-0.4, -0.2) is 64.4 Å². The highest BCUT2D eigenvalue weighted by Gasteiger charge is 2.19. The van der Waals surface area contributed by atoms with Gasteiger partial charge in [0.1, 0.15) is 11.6 Å². The zero-order valence-corrected chi connectivity index (χ0v) is 35.5. The normalized spacial score (nSPS) is 10.8. The summed E-state index contributed by atoms with van der Waals surface area (Å²) in [5.41, 5.74) is 8.97. The average Bonchev–Trinajstić information content (AvgIpc) is 3.31. The lowest BCUT2D eigenvalue weighted by molar-refractivity contribution is 0.261. The summed E-state index contributed by atoms with van der Waals surface area (Å²) < 4.78 is 0. The fraction of sp³-hybridized carbons (Fsp3) is 0.0870. The number of amides is 4. The van der Waals surface area contributed by atoms with Gasteiger partial charge in [0.2, 0.25) is 0 Å². The zero-order valence-electron chi connectivity index (χ0n) is 33.9. The van der Waals surface area contributed by atoms with E-state index in [0.29, 0.717) is 67.5 Å². The maximum Gasteiger partial charge on any atom is 0.323 e. The van der Waals surface area contributed by atoms with E-state index in [1.165, 1.54) is 23.5 Å². The van der Waals surface area contributed by atoms with Crippen LogP contribution in [0.25, 0.3) is 56.2 Å². The molecule has 0 radical (unpaired) electrons. The third-order valence-corrected chi connectivity index (χ3v) is 10.5. The predicted molar refractivity (Wildman–Crippen MR) is 247 cm³/mol. The Labute approximate surface area is 366 Å². The molecule has 0 unspecified atom stereocenters. The number of thioether (sulfide) groups is 2. The van der Waals surface area contributed by atoms with Crippen LogP contribution < -0.4 is 21.3 Å². The quantitative estimate of drug-likeness (QED) is 0.0714. The van der Waals surface area contributed by atoms with Crippen molar-refractivity contribution in [3.8, 4) is 56.2 Å². The van der Waals surface area contributed by atoms with Crippen molar-refractivity contribution in [3.05, 3.63) is 146 Å². The Morgan fingerprint density at radius 3 is 1.13 bits per heavy atom. The Morgan fingerprint density at radius 2 is 0.726 bits per heavy atom. The smallest absolute Gasteiger partial charge is 0.304 e. The molecule has 14 nitrogen and oxygen atoms in total. The fourth-order valence-electron chi connectivity index (χ4n) is 6.55. The molecule has 0 aliphatic rings. The molecule has 0 aliphatic carbocycles. The minimum absolute atomic E-state index is 0.410. The van der Waals surface area contributed by atoms with Gasteiger partial charge in [0.05, 0.1) is 70.3 Å². The number of benzene rings is 4. The highest BCUT2D eigenvalue weighted by Crippen LogP contribution is 2.35. The van der Waals surface area contributed by atoms with Crippen LogP contribution in [-0.2, 0) is 0 Å². The minimum Gasteiger partial charge on any atom is -0.304 e. The van der Waals surface area contributed by atoms with Gasteiger partial charge in [0, 0.05) is 22.3 Å². The van der Waals surface area contributed by atoms with Crippen molar-refractivity contribution < 1.29 is 9.59 Å². The van der Waals surface area contributed by atoms with Gasteiger partial charge in [-0.15, -0.1) is 0 Å². The van der Waals surface area contributed by atoms with Gasteiger partial charge < -0.3 is 21.3 Å². The molecule has 0 fully saturated rings. The number of aromatic nitrogens is 8. The number of nitrogens with zero attached hydrogens (tertiary/aromatic N) is 8. The second kappa shape index (κ2) is 18.8. The molecular weight excluding hydrogens is 817 g/mol. The highest BCUT2D eigenvalue weighted by atomic mass is 32.2. The number of hydrogen-bond donors (Lipinski definition) is 4.